The zero-order valence-electron chi connectivity index (χ0n) is 20.3. The van der Waals surface area contributed by atoms with Gasteiger partial charge >= 0.3 is 0 Å². The van der Waals surface area contributed by atoms with Crippen LogP contribution >= 0.6 is 11.3 Å². The number of hydrogen-bond acceptors (Lipinski definition) is 7. The number of amides is 1. The molecule has 1 saturated carbocycles. The molecule has 1 amide bonds. The van der Waals surface area contributed by atoms with Crippen molar-refractivity contribution in [3.05, 3.63) is 66.1 Å². The number of hydrogen-bond donors (Lipinski definition) is 3. The SMILES string of the molecule is CC(=O)c1ccc(-c2cncc3[nH]c(-c4n[nH]c5ccc(-c6cncc(NC(=O)C7CC7)c6)cc45)nc23)s1. The Bertz CT molecular complexity index is 1880. The number of nitrogens with zero attached hydrogens (tertiary/aromatic N) is 4. The number of pyridine rings is 2. The molecule has 1 aliphatic carbocycles. The minimum absolute atomic E-state index is 0.0360. The third-order valence-corrected chi connectivity index (χ3v) is 7.91. The first-order valence-corrected chi connectivity index (χ1v) is 13.0. The minimum Gasteiger partial charge on any atom is -0.335 e. The summed E-state index contributed by atoms with van der Waals surface area (Å²) in [5.41, 5.74) is 6.49. The zero-order valence-corrected chi connectivity index (χ0v) is 21.1. The van der Waals surface area contributed by atoms with Crippen LogP contribution in [0.2, 0.25) is 0 Å². The Morgan fingerprint density at radius 2 is 1.84 bits per heavy atom. The molecule has 10 heteroatoms. The van der Waals surface area contributed by atoms with Crippen molar-refractivity contribution < 1.29 is 9.59 Å². The fourth-order valence-electron chi connectivity index (χ4n) is 4.53. The van der Waals surface area contributed by atoms with E-state index in [1.54, 1.807) is 31.7 Å². The molecule has 0 aliphatic heterocycles. The Kier molecular flexibility index (Phi) is 5.15. The summed E-state index contributed by atoms with van der Waals surface area (Å²) in [5, 5.41) is 11.5. The second-order valence-electron chi connectivity index (χ2n) is 9.45. The van der Waals surface area contributed by atoms with Crippen LogP contribution in [-0.2, 0) is 4.79 Å². The largest absolute Gasteiger partial charge is 0.335 e. The van der Waals surface area contributed by atoms with Gasteiger partial charge in [-0.05, 0) is 55.7 Å². The van der Waals surface area contributed by atoms with Crippen molar-refractivity contribution in [3.63, 3.8) is 0 Å². The van der Waals surface area contributed by atoms with E-state index in [0.717, 1.165) is 56.3 Å². The quantitative estimate of drug-likeness (QED) is 0.237. The first-order chi connectivity index (χ1) is 18.5. The van der Waals surface area contributed by atoms with E-state index in [-0.39, 0.29) is 17.6 Å². The van der Waals surface area contributed by atoms with Crippen LogP contribution in [0.3, 0.4) is 0 Å². The molecule has 0 radical (unpaired) electrons. The molecule has 0 spiro atoms. The number of benzene rings is 1. The van der Waals surface area contributed by atoms with Crippen molar-refractivity contribution >= 4 is 50.7 Å². The van der Waals surface area contributed by atoms with Crippen LogP contribution in [0.4, 0.5) is 5.69 Å². The van der Waals surface area contributed by atoms with Gasteiger partial charge in [-0.3, -0.25) is 24.7 Å². The molecule has 0 unspecified atom stereocenters. The van der Waals surface area contributed by atoms with Crippen LogP contribution in [0.25, 0.3) is 55.0 Å². The Labute approximate surface area is 220 Å². The summed E-state index contributed by atoms with van der Waals surface area (Å²) < 4.78 is 0. The highest BCUT2D eigenvalue weighted by Gasteiger charge is 2.29. The molecule has 6 aromatic rings. The number of H-pyrrole nitrogens is 2. The number of nitrogens with one attached hydrogen (secondary N) is 3. The highest BCUT2D eigenvalue weighted by molar-refractivity contribution is 7.17. The van der Waals surface area contributed by atoms with Crippen molar-refractivity contribution in [2.45, 2.75) is 19.8 Å². The van der Waals surface area contributed by atoms with E-state index in [2.05, 4.69) is 30.5 Å². The highest BCUT2D eigenvalue weighted by atomic mass is 32.1. The monoisotopic (exact) mass is 519 g/mol. The number of fused-ring (bicyclic) bond motifs is 2. The summed E-state index contributed by atoms with van der Waals surface area (Å²) >= 11 is 1.43. The van der Waals surface area contributed by atoms with Crippen LogP contribution in [-0.4, -0.2) is 41.8 Å². The van der Waals surface area contributed by atoms with Gasteiger partial charge in [-0.1, -0.05) is 6.07 Å². The molecule has 0 atom stereocenters. The van der Waals surface area contributed by atoms with Gasteiger partial charge in [0.15, 0.2) is 11.6 Å². The van der Waals surface area contributed by atoms with Gasteiger partial charge in [-0.15, -0.1) is 11.3 Å². The van der Waals surface area contributed by atoms with E-state index in [9.17, 15) is 9.59 Å². The fraction of sp³-hybridized carbons (Fsp3) is 0.143. The maximum Gasteiger partial charge on any atom is 0.227 e. The number of carbonyl (C=O) groups excluding carboxylic acids is 2. The molecule has 3 N–H and O–H groups in total. The molecule has 0 saturated heterocycles. The highest BCUT2D eigenvalue weighted by Crippen LogP contribution is 2.36. The van der Waals surface area contributed by atoms with Crippen LogP contribution in [0.15, 0.2) is 61.2 Å². The fourth-order valence-corrected chi connectivity index (χ4v) is 5.44. The Morgan fingerprint density at radius 3 is 2.66 bits per heavy atom. The van der Waals surface area contributed by atoms with E-state index in [0.29, 0.717) is 22.1 Å². The molecule has 1 fully saturated rings. The Balaban J connectivity index is 1.27. The zero-order chi connectivity index (χ0) is 25.8. The van der Waals surface area contributed by atoms with Crippen molar-refractivity contribution in [2.75, 3.05) is 5.32 Å². The topological polar surface area (TPSA) is 129 Å². The van der Waals surface area contributed by atoms with Gasteiger partial charge in [0, 0.05) is 39.7 Å². The lowest BCUT2D eigenvalue weighted by molar-refractivity contribution is -0.117. The summed E-state index contributed by atoms with van der Waals surface area (Å²) in [4.78, 5) is 42.6. The molecule has 38 heavy (non-hydrogen) atoms. The lowest BCUT2D eigenvalue weighted by Gasteiger charge is -2.07. The van der Waals surface area contributed by atoms with Gasteiger partial charge < -0.3 is 10.3 Å². The number of aromatic nitrogens is 6. The number of Topliss-reactive ketones (excluding diaryl/α,β-unsaturated/α-hetero) is 1. The number of imidazole rings is 1. The third-order valence-electron chi connectivity index (χ3n) is 6.69. The molecular weight excluding hydrogens is 498 g/mol. The Morgan fingerprint density at radius 1 is 0.974 bits per heavy atom. The molecule has 1 aliphatic rings. The maximum atomic E-state index is 12.2. The van der Waals surface area contributed by atoms with E-state index >= 15 is 0 Å². The number of aromatic amines is 2. The second-order valence-corrected chi connectivity index (χ2v) is 10.5. The van der Waals surface area contributed by atoms with E-state index in [1.807, 2.05) is 36.4 Å². The first kappa shape index (κ1) is 22.5. The van der Waals surface area contributed by atoms with Gasteiger partial charge in [0.2, 0.25) is 5.91 Å². The molecule has 5 aromatic heterocycles. The number of thiophene rings is 1. The number of carbonyl (C=O) groups is 2. The van der Waals surface area contributed by atoms with Crippen molar-refractivity contribution in [3.8, 4) is 33.1 Å². The predicted molar refractivity (Wildman–Crippen MR) is 147 cm³/mol. The lowest BCUT2D eigenvalue weighted by atomic mass is 10.0. The molecule has 7 rings (SSSR count). The van der Waals surface area contributed by atoms with Crippen LogP contribution in [0, 0.1) is 5.92 Å². The summed E-state index contributed by atoms with van der Waals surface area (Å²) in [5.74, 6) is 0.827. The Hall–Kier alpha value is -4.70. The van der Waals surface area contributed by atoms with Gasteiger partial charge in [0.1, 0.15) is 11.2 Å². The average Bonchev–Trinajstić information content (AvgIpc) is 3.32. The van der Waals surface area contributed by atoms with Gasteiger partial charge in [0.05, 0.1) is 34.0 Å². The molecule has 0 bridgehead atoms. The normalized spacial score (nSPS) is 13.3. The van der Waals surface area contributed by atoms with Crippen molar-refractivity contribution in [1.82, 2.24) is 30.1 Å². The summed E-state index contributed by atoms with van der Waals surface area (Å²) in [6.45, 7) is 1.56. The van der Waals surface area contributed by atoms with Gasteiger partial charge in [-0.2, -0.15) is 5.10 Å². The summed E-state index contributed by atoms with van der Waals surface area (Å²) in [6, 6.07) is 11.7. The number of ketones is 1. The van der Waals surface area contributed by atoms with Crippen LogP contribution in [0.5, 0.6) is 0 Å². The summed E-state index contributed by atoms with van der Waals surface area (Å²) in [7, 11) is 0. The van der Waals surface area contributed by atoms with Crippen LogP contribution in [0.1, 0.15) is 29.4 Å². The van der Waals surface area contributed by atoms with Gasteiger partial charge in [-0.25, -0.2) is 4.98 Å². The summed E-state index contributed by atoms with van der Waals surface area (Å²) in [6.07, 6.45) is 8.85. The smallest absolute Gasteiger partial charge is 0.227 e. The predicted octanol–water partition coefficient (Wildman–Crippen LogP) is 5.84. The van der Waals surface area contributed by atoms with Gasteiger partial charge in [0.25, 0.3) is 0 Å². The molecule has 186 valence electrons. The third kappa shape index (κ3) is 3.95. The van der Waals surface area contributed by atoms with E-state index in [1.165, 1.54) is 11.3 Å². The van der Waals surface area contributed by atoms with Crippen LogP contribution < -0.4 is 5.32 Å². The second kappa shape index (κ2) is 8.70. The molecular formula is C28H21N7O2S. The number of rotatable bonds is 6. The molecule has 1 aromatic carbocycles. The minimum atomic E-state index is 0.0360. The first-order valence-electron chi connectivity index (χ1n) is 12.2. The average molecular weight is 520 g/mol. The standard InChI is InChI=1S/C28H21N7O2S/c1-14(36)23-6-7-24(38-23)20-12-30-13-22-25(20)33-27(32-22)26-19-9-16(4-5-21(19)34-35-26)17-8-18(11-29-10-17)31-28(37)15-2-3-15/h4-13,15H,2-3H2,1H3,(H,31,37)(H,32,33)(H,34,35). The number of anilines is 1. The lowest BCUT2D eigenvalue weighted by Crippen LogP contribution is -2.13. The van der Waals surface area contributed by atoms with E-state index in [4.69, 9.17) is 4.98 Å². The maximum absolute atomic E-state index is 12.2. The molecule has 5 heterocycles. The molecule has 9 nitrogen and oxygen atoms in total. The van der Waals surface area contributed by atoms with Crippen molar-refractivity contribution in [1.29, 1.82) is 0 Å². The van der Waals surface area contributed by atoms with E-state index < -0.39 is 0 Å². The van der Waals surface area contributed by atoms with Crippen molar-refractivity contribution in [2.24, 2.45) is 5.92 Å².